The normalized spacial score (nSPS) is 10.7. The van der Waals surface area contributed by atoms with Gasteiger partial charge < -0.3 is 10.1 Å². The molecule has 0 saturated heterocycles. The van der Waals surface area contributed by atoms with Crippen molar-refractivity contribution in [3.8, 4) is 5.75 Å². The van der Waals surface area contributed by atoms with Crippen molar-refractivity contribution in [3.05, 3.63) is 51.7 Å². The van der Waals surface area contributed by atoms with Crippen molar-refractivity contribution in [2.75, 3.05) is 13.2 Å². The number of hydrogen-bond donors (Lipinski definition) is 1. The molecular formula is C16H20BNOS. The van der Waals surface area contributed by atoms with Gasteiger partial charge in [0.2, 0.25) is 0 Å². The Bertz CT molecular complexity index is 527. The van der Waals surface area contributed by atoms with Crippen LogP contribution in [-0.4, -0.2) is 21.0 Å². The van der Waals surface area contributed by atoms with Gasteiger partial charge in [0, 0.05) is 23.5 Å². The summed E-state index contributed by atoms with van der Waals surface area (Å²) in [6.07, 6.45) is 1.61. The minimum absolute atomic E-state index is 0.541. The maximum atomic E-state index is 5.64. The van der Waals surface area contributed by atoms with Crippen molar-refractivity contribution in [1.29, 1.82) is 0 Å². The van der Waals surface area contributed by atoms with Crippen LogP contribution in [0.2, 0.25) is 6.32 Å². The molecule has 0 aliphatic carbocycles. The van der Waals surface area contributed by atoms with Crippen molar-refractivity contribution in [3.63, 3.8) is 0 Å². The SMILES string of the molecule is [B]CCOc1ccccc1CNCCc1cc(C)cs1. The zero-order chi connectivity index (χ0) is 14.2. The van der Waals surface area contributed by atoms with E-state index in [4.69, 9.17) is 12.6 Å². The highest BCUT2D eigenvalue weighted by Crippen LogP contribution is 2.18. The first-order chi connectivity index (χ1) is 9.79. The lowest BCUT2D eigenvalue weighted by Crippen LogP contribution is -2.17. The topological polar surface area (TPSA) is 21.3 Å². The fourth-order valence-corrected chi connectivity index (χ4v) is 2.90. The van der Waals surface area contributed by atoms with Crippen LogP contribution in [0.1, 0.15) is 16.0 Å². The Morgan fingerprint density at radius 2 is 2.15 bits per heavy atom. The van der Waals surface area contributed by atoms with Crippen molar-refractivity contribution in [1.82, 2.24) is 5.32 Å². The highest BCUT2D eigenvalue weighted by Gasteiger charge is 2.02. The molecule has 0 fully saturated rings. The number of para-hydroxylation sites is 1. The van der Waals surface area contributed by atoms with E-state index in [1.54, 1.807) is 0 Å². The minimum Gasteiger partial charge on any atom is -0.494 e. The number of hydrogen-bond acceptors (Lipinski definition) is 3. The lowest BCUT2D eigenvalue weighted by molar-refractivity contribution is 0.335. The molecule has 1 aromatic carbocycles. The van der Waals surface area contributed by atoms with Crippen LogP contribution >= 0.6 is 11.3 Å². The molecule has 0 amide bonds. The van der Waals surface area contributed by atoms with Crippen molar-refractivity contribution >= 4 is 19.2 Å². The Morgan fingerprint density at radius 1 is 1.30 bits per heavy atom. The third-order valence-corrected chi connectivity index (χ3v) is 4.11. The van der Waals surface area contributed by atoms with Crippen molar-refractivity contribution in [2.45, 2.75) is 26.2 Å². The number of benzene rings is 1. The van der Waals surface area contributed by atoms with Gasteiger partial charge >= 0.3 is 0 Å². The average Bonchev–Trinajstić information content (AvgIpc) is 2.88. The molecule has 0 saturated carbocycles. The highest BCUT2D eigenvalue weighted by molar-refractivity contribution is 7.10. The van der Waals surface area contributed by atoms with Gasteiger partial charge in [-0.1, -0.05) is 24.5 Å². The molecule has 1 heterocycles. The maximum Gasteiger partial charge on any atom is 0.123 e. The summed E-state index contributed by atoms with van der Waals surface area (Å²) in [6.45, 7) is 4.50. The van der Waals surface area contributed by atoms with Crippen LogP contribution in [0.15, 0.2) is 35.7 Å². The van der Waals surface area contributed by atoms with E-state index in [0.717, 1.165) is 25.3 Å². The second-order valence-corrected chi connectivity index (χ2v) is 5.76. The fraction of sp³-hybridized carbons (Fsp3) is 0.375. The summed E-state index contributed by atoms with van der Waals surface area (Å²) in [5.41, 5.74) is 2.54. The third kappa shape index (κ3) is 4.69. The number of aryl methyl sites for hydroxylation is 1. The van der Waals surface area contributed by atoms with Gasteiger partial charge in [0.05, 0.1) is 14.5 Å². The van der Waals surface area contributed by atoms with E-state index in [-0.39, 0.29) is 0 Å². The Kier molecular flexibility index (Phi) is 6.15. The molecule has 2 aromatic rings. The summed E-state index contributed by atoms with van der Waals surface area (Å²) >= 11 is 1.83. The molecule has 0 aliphatic heterocycles. The first-order valence-corrected chi connectivity index (χ1v) is 7.83. The van der Waals surface area contributed by atoms with Crippen LogP contribution in [0.25, 0.3) is 0 Å². The monoisotopic (exact) mass is 285 g/mol. The standard InChI is InChI=1S/C16H20BNOS/c1-13-10-15(20-12-13)6-8-18-11-14-4-2-3-5-16(14)19-9-7-17/h2-5,10,12,18H,6-9,11H2,1H3. The Balaban J connectivity index is 1.78. The van der Waals surface area contributed by atoms with Crippen LogP contribution in [0.3, 0.4) is 0 Å². The summed E-state index contributed by atoms with van der Waals surface area (Å²) < 4.78 is 5.64. The van der Waals surface area contributed by atoms with Gasteiger partial charge in [-0.25, -0.2) is 0 Å². The Morgan fingerprint density at radius 3 is 2.90 bits per heavy atom. The molecule has 0 atom stereocenters. The fourth-order valence-electron chi connectivity index (χ4n) is 2.02. The van der Waals surface area contributed by atoms with E-state index in [2.05, 4.69) is 29.8 Å². The van der Waals surface area contributed by atoms with Gasteiger partial charge in [0.25, 0.3) is 0 Å². The van der Waals surface area contributed by atoms with Gasteiger partial charge in [-0.15, -0.1) is 11.3 Å². The largest absolute Gasteiger partial charge is 0.494 e. The second kappa shape index (κ2) is 8.13. The molecule has 2 nitrogen and oxygen atoms in total. The van der Waals surface area contributed by atoms with E-state index in [1.165, 1.54) is 16.0 Å². The molecular weight excluding hydrogens is 265 g/mol. The summed E-state index contributed by atoms with van der Waals surface area (Å²) in [6, 6.07) is 10.4. The van der Waals surface area contributed by atoms with E-state index in [9.17, 15) is 0 Å². The Hall–Kier alpha value is -1.26. The van der Waals surface area contributed by atoms with Crippen LogP contribution < -0.4 is 10.1 Å². The van der Waals surface area contributed by atoms with Crippen LogP contribution in [0.5, 0.6) is 5.75 Å². The van der Waals surface area contributed by atoms with Gasteiger partial charge in [0.15, 0.2) is 0 Å². The molecule has 2 radical (unpaired) electrons. The van der Waals surface area contributed by atoms with E-state index in [0.29, 0.717) is 12.9 Å². The molecule has 0 spiro atoms. The number of nitrogens with one attached hydrogen (secondary N) is 1. The quantitative estimate of drug-likeness (QED) is 0.593. The summed E-state index contributed by atoms with van der Waals surface area (Å²) in [5.74, 6) is 0.928. The number of ether oxygens (including phenoxy) is 1. The predicted octanol–water partition coefficient (Wildman–Crippen LogP) is 3.35. The van der Waals surface area contributed by atoms with Crippen LogP contribution in [0.4, 0.5) is 0 Å². The van der Waals surface area contributed by atoms with Gasteiger partial charge in [0.1, 0.15) is 5.75 Å². The van der Waals surface area contributed by atoms with Crippen molar-refractivity contribution in [2.24, 2.45) is 0 Å². The maximum absolute atomic E-state index is 5.64. The number of rotatable bonds is 8. The zero-order valence-corrected chi connectivity index (χ0v) is 12.7. The van der Waals surface area contributed by atoms with Crippen LogP contribution in [0, 0.1) is 6.92 Å². The average molecular weight is 285 g/mol. The molecule has 2 rings (SSSR count). The number of thiophene rings is 1. The van der Waals surface area contributed by atoms with Gasteiger partial charge in [-0.05, 0) is 36.4 Å². The Labute approximate surface area is 126 Å². The second-order valence-electron chi connectivity index (χ2n) is 4.76. The van der Waals surface area contributed by atoms with E-state index < -0.39 is 0 Å². The van der Waals surface area contributed by atoms with Gasteiger partial charge in [-0.3, -0.25) is 0 Å². The molecule has 0 unspecified atom stereocenters. The first kappa shape index (κ1) is 15.1. The van der Waals surface area contributed by atoms with E-state index in [1.807, 2.05) is 29.5 Å². The lowest BCUT2D eigenvalue weighted by Gasteiger charge is -2.11. The van der Waals surface area contributed by atoms with Crippen LogP contribution in [-0.2, 0) is 13.0 Å². The first-order valence-electron chi connectivity index (χ1n) is 6.95. The molecule has 0 bridgehead atoms. The highest BCUT2D eigenvalue weighted by atomic mass is 32.1. The summed E-state index contributed by atoms with van der Waals surface area (Å²) in [7, 11) is 5.48. The lowest BCUT2D eigenvalue weighted by atomic mass is 10.1. The molecule has 1 N–H and O–H groups in total. The molecule has 104 valence electrons. The predicted molar refractivity (Wildman–Crippen MR) is 87.0 cm³/mol. The molecule has 20 heavy (non-hydrogen) atoms. The van der Waals surface area contributed by atoms with Crippen molar-refractivity contribution < 1.29 is 4.74 Å². The zero-order valence-electron chi connectivity index (χ0n) is 11.9. The smallest absolute Gasteiger partial charge is 0.123 e. The molecule has 0 aliphatic rings. The third-order valence-electron chi connectivity index (χ3n) is 3.00. The van der Waals surface area contributed by atoms with Gasteiger partial charge in [-0.2, -0.15) is 0 Å². The molecule has 1 aromatic heterocycles. The van der Waals surface area contributed by atoms with E-state index >= 15 is 0 Å². The summed E-state index contributed by atoms with van der Waals surface area (Å²) in [4.78, 5) is 1.43. The minimum atomic E-state index is 0.541. The summed E-state index contributed by atoms with van der Waals surface area (Å²) in [5, 5.41) is 5.67. The molecule has 4 heteroatoms.